The van der Waals surface area contributed by atoms with Gasteiger partial charge in [-0.15, -0.1) is 0 Å². The van der Waals surface area contributed by atoms with E-state index in [9.17, 15) is 17.6 Å². The Morgan fingerprint density at radius 1 is 0.706 bits per heavy atom. The standard InChI is InChI=1S/C28H23F5O/c1-2-3-17-4-6-18(7-5-17)8-9-19-10-12-22-20(14-19)11-13-23(26(22)31)21-15-24(29)27(25(30)16-21)34-28(32)33/h4-7,10-16,28H,2-3,8-9H2,1H3. The smallest absolute Gasteiger partial charge is 0.387 e. The average Bonchev–Trinajstić information content (AvgIpc) is 2.81. The molecule has 0 aliphatic rings. The van der Waals surface area contributed by atoms with Crippen LogP contribution >= 0.6 is 0 Å². The number of ether oxygens (including phenoxy) is 1. The Balaban J connectivity index is 1.56. The number of hydrogen-bond acceptors (Lipinski definition) is 1. The Bertz CT molecular complexity index is 1280. The number of aryl methyl sites for hydroxylation is 3. The monoisotopic (exact) mass is 470 g/mol. The Morgan fingerprint density at radius 3 is 1.91 bits per heavy atom. The summed E-state index contributed by atoms with van der Waals surface area (Å²) in [6.07, 6.45) is 3.81. The zero-order chi connectivity index (χ0) is 24.2. The van der Waals surface area contributed by atoms with Crippen LogP contribution in [-0.2, 0) is 19.3 Å². The van der Waals surface area contributed by atoms with Gasteiger partial charge in [-0.25, -0.2) is 13.2 Å². The van der Waals surface area contributed by atoms with Crippen molar-refractivity contribution in [3.63, 3.8) is 0 Å². The van der Waals surface area contributed by atoms with Crippen LogP contribution in [0.4, 0.5) is 22.0 Å². The zero-order valence-electron chi connectivity index (χ0n) is 18.6. The van der Waals surface area contributed by atoms with Gasteiger partial charge in [-0.05, 0) is 59.0 Å². The van der Waals surface area contributed by atoms with Gasteiger partial charge < -0.3 is 4.74 Å². The molecular weight excluding hydrogens is 447 g/mol. The summed E-state index contributed by atoms with van der Waals surface area (Å²) in [5, 5.41) is 0.967. The molecule has 1 nitrogen and oxygen atoms in total. The highest BCUT2D eigenvalue weighted by molar-refractivity contribution is 5.89. The van der Waals surface area contributed by atoms with Gasteiger partial charge in [0.05, 0.1) is 0 Å². The molecule has 0 heterocycles. The lowest BCUT2D eigenvalue weighted by molar-refractivity contribution is -0.0546. The number of rotatable bonds is 8. The minimum absolute atomic E-state index is 0.0335. The molecule has 0 saturated heterocycles. The SMILES string of the molecule is CCCc1ccc(CCc2ccc3c(F)c(-c4cc(F)c(OC(F)F)c(F)c4)ccc3c2)cc1. The van der Waals surface area contributed by atoms with E-state index in [1.165, 1.54) is 17.2 Å². The summed E-state index contributed by atoms with van der Waals surface area (Å²) in [6.45, 7) is -1.22. The van der Waals surface area contributed by atoms with Crippen molar-refractivity contribution in [2.75, 3.05) is 0 Å². The Hall–Kier alpha value is -3.41. The summed E-state index contributed by atoms with van der Waals surface area (Å²) in [5.74, 6) is -4.48. The lowest BCUT2D eigenvalue weighted by Crippen LogP contribution is -2.06. The van der Waals surface area contributed by atoms with Crippen LogP contribution in [0.25, 0.3) is 21.9 Å². The lowest BCUT2D eigenvalue weighted by Gasteiger charge is -2.12. The van der Waals surface area contributed by atoms with Crippen LogP contribution in [0, 0.1) is 17.5 Å². The molecule has 4 aromatic carbocycles. The molecule has 4 rings (SSSR count). The first-order valence-electron chi connectivity index (χ1n) is 11.1. The summed E-state index contributed by atoms with van der Waals surface area (Å²) >= 11 is 0. The highest BCUT2D eigenvalue weighted by Gasteiger charge is 2.19. The normalized spacial score (nSPS) is 11.4. The van der Waals surface area contributed by atoms with Crippen molar-refractivity contribution in [1.82, 2.24) is 0 Å². The number of halogens is 5. The predicted molar refractivity (Wildman–Crippen MR) is 124 cm³/mol. The first-order valence-corrected chi connectivity index (χ1v) is 11.1. The summed E-state index contributed by atoms with van der Waals surface area (Å²) in [7, 11) is 0. The van der Waals surface area contributed by atoms with Crippen LogP contribution in [-0.4, -0.2) is 6.61 Å². The van der Waals surface area contributed by atoms with Crippen LogP contribution in [0.1, 0.15) is 30.0 Å². The van der Waals surface area contributed by atoms with Gasteiger partial charge in [-0.1, -0.05) is 67.9 Å². The second-order valence-electron chi connectivity index (χ2n) is 8.20. The van der Waals surface area contributed by atoms with Crippen molar-refractivity contribution in [3.8, 4) is 16.9 Å². The summed E-state index contributed by atoms with van der Waals surface area (Å²) in [5.41, 5.74) is 3.45. The van der Waals surface area contributed by atoms with E-state index in [4.69, 9.17) is 0 Å². The molecule has 0 radical (unpaired) electrons. The van der Waals surface area contributed by atoms with Gasteiger partial charge in [0.2, 0.25) is 0 Å². The molecule has 0 unspecified atom stereocenters. The van der Waals surface area contributed by atoms with E-state index < -0.39 is 29.8 Å². The van der Waals surface area contributed by atoms with Gasteiger partial charge in [0, 0.05) is 10.9 Å². The van der Waals surface area contributed by atoms with E-state index in [0.717, 1.165) is 43.4 Å². The van der Waals surface area contributed by atoms with Crippen LogP contribution in [0.3, 0.4) is 0 Å². The maximum absolute atomic E-state index is 15.2. The van der Waals surface area contributed by atoms with Gasteiger partial charge >= 0.3 is 6.61 Å². The molecule has 0 fully saturated rings. The molecule has 0 bridgehead atoms. The molecule has 34 heavy (non-hydrogen) atoms. The van der Waals surface area contributed by atoms with Gasteiger partial charge in [0.25, 0.3) is 0 Å². The van der Waals surface area contributed by atoms with E-state index in [0.29, 0.717) is 10.8 Å². The zero-order valence-corrected chi connectivity index (χ0v) is 18.6. The molecule has 0 amide bonds. The molecule has 0 aliphatic carbocycles. The molecule has 0 aromatic heterocycles. The summed E-state index contributed by atoms with van der Waals surface area (Å²) in [6, 6.07) is 18.6. The van der Waals surface area contributed by atoms with Gasteiger partial charge in [-0.2, -0.15) is 8.78 Å². The molecule has 0 saturated carbocycles. The van der Waals surface area contributed by atoms with Crippen molar-refractivity contribution < 1.29 is 26.7 Å². The van der Waals surface area contributed by atoms with E-state index in [2.05, 4.69) is 35.9 Å². The summed E-state index contributed by atoms with van der Waals surface area (Å²) < 4.78 is 72.0. The minimum Gasteiger partial charge on any atom is -0.429 e. The van der Waals surface area contributed by atoms with Gasteiger partial charge in [0.1, 0.15) is 5.82 Å². The molecule has 0 N–H and O–H groups in total. The molecule has 0 spiro atoms. The van der Waals surface area contributed by atoms with Crippen molar-refractivity contribution in [2.24, 2.45) is 0 Å². The molecule has 0 aliphatic heterocycles. The number of fused-ring (bicyclic) bond motifs is 1. The minimum atomic E-state index is -3.37. The van der Waals surface area contributed by atoms with Gasteiger partial charge in [-0.3, -0.25) is 0 Å². The van der Waals surface area contributed by atoms with E-state index >= 15 is 4.39 Å². The molecule has 4 aromatic rings. The highest BCUT2D eigenvalue weighted by atomic mass is 19.3. The largest absolute Gasteiger partial charge is 0.429 e. The van der Waals surface area contributed by atoms with Crippen molar-refractivity contribution >= 4 is 10.8 Å². The Morgan fingerprint density at radius 2 is 1.29 bits per heavy atom. The van der Waals surface area contributed by atoms with Crippen molar-refractivity contribution in [2.45, 2.75) is 39.2 Å². The predicted octanol–water partition coefficient (Wildman–Crippen LogP) is 8.26. The second kappa shape index (κ2) is 10.2. The first kappa shape index (κ1) is 23.7. The molecular formula is C28H23F5O. The average molecular weight is 470 g/mol. The van der Waals surface area contributed by atoms with E-state index in [1.54, 1.807) is 12.1 Å². The third-order valence-corrected chi connectivity index (χ3v) is 5.80. The van der Waals surface area contributed by atoms with Gasteiger partial charge in [0.15, 0.2) is 17.4 Å². The van der Waals surface area contributed by atoms with Crippen molar-refractivity contribution in [1.29, 1.82) is 0 Å². The van der Waals surface area contributed by atoms with Crippen LogP contribution in [0.5, 0.6) is 5.75 Å². The number of hydrogen-bond donors (Lipinski definition) is 0. The van der Waals surface area contributed by atoms with Crippen LogP contribution < -0.4 is 4.74 Å². The molecule has 6 heteroatoms. The van der Waals surface area contributed by atoms with Crippen LogP contribution in [0.15, 0.2) is 66.7 Å². The molecule has 176 valence electrons. The Kier molecular flexibility index (Phi) is 7.15. The third-order valence-electron chi connectivity index (χ3n) is 5.80. The fraction of sp³-hybridized carbons (Fsp3) is 0.214. The highest BCUT2D eigenvalue weighted by Crippen LogP contribution is 2.34. The van der Waals surface area contributed by atoms with E-state index in [1.807, 2.05) is 12.1 Å². The molecule has 0 atom stereocenters. The number of benzene rings is 4. The second-order valence-corrected chi connectivity index (χ2v) is 8.20. The fourth-order valence-electron chi connectivity index (χ4n) is 4.09. The Labute approximate surface area is 194 Å². The first-order chi connectivity index (χ1) is 16.4. The van der Waals surface area contributed by atoms with Crippen molar-refractivity contribution in [3.05, 3.63) is 101 Å². The fourth-order valence-corrected chi connectivity index (χ4v) is 4.09. The summed E-state index contributed by atoms with van der Waals surface area (Å²) in [4.78, 5) is 0. The number of alkyl halides is 2. The third kappa shape index (κ3) is 5.22. The lowest BCUT2D eigenvalue weighted by atomic mass is 9.96. The maximum Gasteiger partial charge on any atom is 0.387 e. The maximum atomic E-state index is 15.2. The van der Waals surface area contributed by atoms with E-state index in [-0.39, 0.29) is 11.1 Å². The quantitative estimate of drug-likeness (QED) is 0.236. The topological polar surface area (TPSA) is 9.23 Å². The van der Waals surface area contributed by atoms with Crippen LogP contribution in [0.2, 0.25) is 0 Å².